The molecule has 0 bridgehead atoms. The highest BCUT2D eigenvalue weighted by molar-refractivity contribution is 5.94. The molecule has 3 aromatic carbocycles. The second-order valence-electron chi connectivity index (χ2n) is 14.1. The summed E-state index contributed by atoms with van der Waals surface area (Å²) in [6, 6.07) is 23.0. The fourth-order valence-corrected chi connectivity index (χ4v) is 6.12. The maximum absolute atomic E-state index is 14.2. The first-order valence-electron chi connectivity index (χ1n) is 17.9. The number of hydrogen-bond donors (Lipinski definition) is 6. The van der Waals surface area contributed by atoms with Crippen LogP contribution in [0, 0.1) is 0 Å². The van der Waals surface area contributed by atoms with E-state index in [9.17, 15) is 19.2 Å². The molecule has 0 spiro atoms. The molecule has 3 heterocycles. The second kappa shape index (κ2) is 17.0. The Morgan fingerprint density at radius 2 is 1.18 bits per heavy atom. The van der Waals surface area contributed by atoms with Crippen LogP contribution in [0.2, 0.25) is 0 Å². The number of esters is 1. The zero-order valence-corrected chi connectivity index (χ0v) is 31.0. The van der Waals surface area contributed by atoms with E-state index in [-0.39, 0.29) is 19.3 Å². The van der Waals surface area contributed by atoms with Gasteiger partial charge in [0, 0.05) is 71.3 Å². The number of nitrogens with zero attached hydrogens (tertiary/aromatic N) is 2. The number of carbonyl (C=O) groups is 4. The molecule has 0 aliphatic carbocycles. The summed E-state index contributed by atoms with van der Waals surface area (Å²) >= 11 is 0. The predicted octanol–water partition coefficient (Wildman–Crippen LogP) is 5.01. The second-order valence-corrected chi connectivity index (χ2v) is 14.1. The lowest BCUT2D eigenvalue weighted by molar-refractivity contribution is -0.145. The minimum Gasteiger partial charge on any atom is -0.467 e. The summed E-state index contributed by atoms with van der Waals surface area (Å²) < 4.78 is 10.6. The number of aromatic amines is 3. The maximum atomic E-state index is 14.2. The number of benzene rings is 3. The molecule has 6 N–H and O–H groups in total. The summed E-state index contributed by atoms with van der Waals surface area (Å²) in [6.45, 7) is 5.15. The summed E-state index contributed by atoms with van der Waals surface area (Å²) in [5.74, 6) is -0.783. The molecule has 284 valence electrons. The minimum atomic E-state index is -1.19. The van der Waals surface area contributed by atoms with Gasteiger partial charge < -0.3 is 40.4 Å². The van der Waals surface area contributed by atoms with Gasteiger partial charge in [0.1, 0.15) is 35.4 Å². The predicted molar refractivity (Wildman–Crippen MR) is 206 cm³/mol. The van der Waals surface area contributed by atoms with Gasteiger partial charge in [-0.05, 0) is 32.4 Å². The topological polar surface area (TPSA) is 196 Å². The zero-order chi connectivity index (χ0) is 39.0. The third kappa shape index (κ3) is 10.0. The van der Waals surface area contributed by atoms with E-state index in [1.807, 2.05) is 84.9 Å². The minimum absolute atomic E-state index is 0.000686. The molecule has 0 saturated heterocycles. The summed E-state index contributed by atoms with van der Waals surface area (Å²) in [5, 5.41) is 9.19. The SMILES string of the molecule is COC(=O)[C@H](Cc1cnc(-c2ccccc2)[nH]1)NC(=O)[C@H](Cc1c[nH]c2ccccc12)NC(=O)[C@H](Cc1cnc(-c2ccccc2)[nH]1)NC(=O)OC(C)(C)C. The van der Waals surface area contributed by atoms with Crippen molar-refractivity contribution in [2.75, 3.05) is 7.11 Å². The zero-order valence-electron chi connectivity index (χ0n) is 31.0. The van der Waals surface area contributed by atoms with Crippen LogP contribution in [0.1, 0.15) is 37.7 Å². The number of rotatable bonds is 14. The van der Waals surface area contributed by atoms with Crippen LogP contribution in [0.15, 0.2) is 104 Å². The van der Waals surface area contributed by atoms with Gasteiger partial charge in [-0.15, -0.1) is 0 Å². The van der Waals surface area contributed by atoms with Crippen LogP contribution < -0.4 is 16.0 Å². The molecule has 3 aromatic heterocycles. The van der Waals surface area contributed by atoms with Gasteiger partial charge in [-0.2, -0.15) is 0 Å². The quantitative estimate of drug-likeness (QED) is 0.0837. The summed E-state index contributed by atoms with van der Waals surface area (Å²) in [5.41, 5.74) is 3.62. The van der Waals surface area contributed by atoms with Crippen molar-refractivity contribution >= 4 is 34.8 Å². The lowest BCUT2D eigenvalue weighted by Gasteiger charge is -2.26. The van der Waals surface area contributed by atoms with Crippen LogP contribution in [0.25, 0.3) is 33.7 Å². The van der Waals surface area contributed by atoms with E-state index in [2.05, 4.69) is 40.9 Å². The van der Waals surface area contributed by atoms with Crippen molar-refractivity contribution in [3.8, 4) is 22.8 Å². The molecular formula is C41H44N8O6. The van der Waals surface area contributed by atoms with Crippen LogP contribution in [-0.2, 0) is 43.1 Å². The van der Waals surface area contributed by atoms with Gasteiger partial charge in [-0.1, -0.05) is 78.9 Å². The smallest absolute Gasteiger partial charge is 0.408 e. The Kier molecular flexibility index (Phi) is 11.7. The van der Waals surface area contributed by atoms with Crippen molar-refractivity contribution in [1.82, 2.24) is 40.9 Å². The highest BCUT2D eigenvalue weighted by Gasteiger charge is 2.32. The monoisotopic (exact) mass is 744 g/mol. The number of methoxy groups -OCH3 is 1. The summed E-state index contributed by atoms with van der Waals surface area (Å²) in [7, 11) is 1.24. The van der Waals surface area contributed by atoms with Gasteiger partial charge in [0.15, 0.2) is 0 Å². The van der Waals surface area contributed by atoms with E-state index >= 15 is 0 Å². The number of alkyl carbamates (subject to hydrolysis) is 1. The molecule has 6 aromatic rings. The number of para-hydroxylation sites is 1. The van der Waals surface area contributed by atoms with Crippen molar-refractivity contribution in [1.29, 1.82) is 0 Å². The lowest BCUT2D eigenvalue weighted by atomic mass is 10.0. The van der Waals surface area contributed by atoms with Gasteiger partial charge in [-0.25, -0.2) is 19.6 Å². The Morgan fingerprint density at radius 3 is 1.75 bits per heavy atom. The molecule has 14 nitrogen and oxygen atoms in total. The molecular weight excluding hydrogens is 701 g/mol. The number of hydrogen-bond acceptors (Lipinski definition) is 8. The highest BCUT2D eigenvalue weighted by atomic mass is 16.6. The molecule has 0 aliphatic heterocycles. The Hall–Kier alpha value is -6.70. The Morgan fingerprint density at radius 1 is 0.673 bits per heavy atom. The van der Waals surface area contributed by atoms with Crippen LogP contribution in [0.3, 0.4) is 0 Å². The molecule has 55 heavy (non-hydrogen) atoms. The van der Waals surface area contributed by atoms with Crippen LogP contribution in [0.4, 0.5) is 4.79 Å². The normalized spacial score (nSPS) is 13.0. The first-order chi connectivity index (χ1) is 26.5. The largest absolute Gasteiger partial charge is 0.467 e. The number of carbonyl (C=O) groups excluding carboxylic acids is 4. The number of nitrogens with one attached hydrogen (secondary N) is 6. The molecule has 0 aliphatic rings. The van der Waals surface area contributed by atoms with Gasteiger partial charge >= 0.3 is 12.1 Å². The van der Waals surface area contributed by atoms with Crippen molar-refractivity contribution in [3.63, 3.8) is 0 Å². The average Bonchev–Trinajstić information content (AvgIpc) is 3.94. The number of aromatic nitrogens is 5. The summed E-state index contributed by atoms with van der Waals surface area (Å²) in [4.78, 5) is 73.2. The Labute approximate surface area is 317 Å². The standard InChI is InChI=1S/C41H44N8O6/c1-41(2,3)55-40(53)49-33(20-28-23-43-35(45-28)25-13-7-5-8-14-25)38(51)47-32(19-27-22-42-31-18-12-11-17-30(27)31)37(50)48-34(39(52)54-4)21-29-24-44-36(46-29)26-15-9-6-10-16-26/h5-18,22-24,32-34,42H,19-21H2,1-4H3,(H,43,45)(H,44,46)(H,47,51)(H,48,50)(H,49,53)/t32-,33-,34-/m0/s1. The molecule has 0 saturated carbocycles. The molecule has 0 radical (unpaired) electrons. The van der Waals surface area contributed by atoms with Gasteiger partial charge in [0.25, 0.3) is 0 Å². The molecule has 14 heteroatoms. The van der Waals surface area contributed by atoms with Crippen molar-refractivity contribution in [2.24, 2.45) is 0 Å². The number of fused-ring (bicyclic) bond motifs is 1. The van der Waals surface area contributed by atoms with E-state index in [1.54, 1.807) is 39.4 Å². The van der Waals surface area contributed by atoms with E-state index in [0.29, 0.717) is 23.0 Å². The van der Waals surface area contributed by atoms with E-state index in [0.717, 1.165) is 27.6 Å². The molecule has 6 rings (SSSR count). The van der Waals surface area contributed by atoms with Gasteiger partial charge in [0.05, 0.1) is 7.11 Å². The van der Waals surface area contributed by atoms with E-state index in [4.69, 9.17) is 9.47 Å². The number of amides is 3. The van der Waals surface area contributed by atoms with Crippen LogP contribution in [0.5, 0.6) is 0 Å². The van der Waals surface area contributed by atoms with Crippen molar-refractivity contribution < 1.29 is 28.7 Å². The van der Waals surface area contributed by atoms with Crippen LogP contribution >= 0.6 is 0 Å². The van der Waals surface area contributed by atoms with Gasteiger partial charge in [0.2, 0.25) is 11.8 Å². The van der Waals surface area contributed by atoms with Crippen molar-refractivity contribution in [3.05, 3.63) is 120 Å². The average molecular weight is 745 g/mol. The lowest BCUT2D eigenvalue weighted by Crippen LogP contribution is -2.57. The summed E-state index contributed by atoms with van der Waals surface area (Å²) in [6.07, 6.45) is 4.25. The third-order valence-electron chi connectivity index (χ3n) is 8.74. The highest BCUT2D eigenvalue weighted by Crippen LogP contribution is 2.21. The van der Waals surface area contributed by atoms with Crippen LogP contribution in [-0.4, -0.2) is 79.6 Å². The first-order valence-corrected chi connectivity index (χ1v) is 17.9. The molecule has 3 amide bonds. The fourth-order valence-electron chi connectivity index (χ4n) is 6.12. The van der Waals surface area contributed by atoms with E-state index in [1.165, 1.54) is 7.11 Å². The Bertz CT molecular complexity index is 2240. The van der Waals surface area contributed by atoms with Gasteiger partial charge in [-0.3, -0.25) is 9.59 Å². The maximum Gasteiger partial charge on any atom is 0.408 e. The fraction of sp³-hybridized carbons (Fsp3) is 0.268. The molecule has 3 atom stereocenters. The number of ether oxygens (including phenoxy) is 2. The Balaban J connectivity index is 1.26. The van der Waals surface area contributed by atoms with Crippen molar-refractivity contribution in [2.45, 2.75) is 63.8 Å². The molecule has 0 unspecified atom stereocenters. The first kappa shape index (κ1) is 38.0. The number of H-pyrrole nitrogens is 3. The number of imidazole rings is 2. The van der Waals surface area contributed by atoms with E-state index < -0.39 is 47.6 Å². The third-order valence-corrected chi connectivity index (χ3v) is 8.74. The molecule has 0 fully saturated rings.